The van der Waals surface area contributed by atoms with Crippen molar-refractivity contribution in [3.05, 3.63) is 42.5 Å². The Morgan fingerprint density at radius 3 is 2.10 bits per heavy atom. The summed E-state index contributed by atoms with van der Waals surface area (Å²) < 4.78 is 27.9. The van der Waals surface area contributed by atoms with Gasteiger partial charge < -0.3 is 0 Å². The van der Waals surface area contributed by atoms with Gasteiger partial charge in [0.05, 0.1) is 13.0 Å². The number of rotatable bonds is 6. The number of benzene rings is 1. The van der Waals surface area contributed by atoms with Crippen molar-refractivity contribution in [2.24, 2.45) is 5.92 Å². The molecule has 0 amide bonds. The molecule has 0 aromatic heterocycles. The summed E-state index contributed by atoms with van der Waals surface area (Å²) in [6, 6.07) is 6.93. The van der Waals surface area contributed by atoms with Crippen LogP contribution in [0, 0.1) is 12.8 Å². The first-order valence-electron chi connectivity index (χ1n) is 6.79. The number of hydrogen-bond donors (Lipinski definition) is 1. The van der Waals surface area contributed by atoms with E-state index in [0.29, 0.717) is 4.90 Å². The van der Waals surface area contributed by atoms with Gasteiger partial charge in [-0.15, -0.1) is 6.58 Å². The molecule has 0 spiro atoms. The van der Waals surface area contributed by atoms with Crippen LogP contribution in [0.1, 0.15) is 12.5 Å². The molecule has 0 aliphatic carbocycles. The molecule has 1 N–H and O–H groups in total. The smallest absolute Gasteiger partial charge is 0.210 e. The van der Waals surface area contributed by atoms with E-state index in [1.807, 2.05) is 32.1 Å². The molecule has 1 rings (SSSR count). The van der Waals surface area contributed by atoms with Crippen LogP contribution < -0.4 is 4.72 Å². The Morgan fingerprint density at radius 1 is 1.20 bits per heavy atom. The van der Waals surface area contributed by atoms with Crippen LogP contribution in [0.3, 0.4) is 0 Å². The average Bonchev–Trinajstić information content (AvgIpc) is 2.34. The van der Waals surface area contributed by atoms with E-state index in [4.69, 9.17) is 0 Å². The molecular weight excluding hydrogens is 286 g/mol. The minimum atomic E-state index is -3.48. The van der Waals surface area contributed by atoms with Crippen LogP contribution >= 0.6 is 0 Å². The third-order valence-electron chi connectivity index (χ3n) is 3.44. The van der Waals surface area contributed by atoms with Gasteiger partial charge in [-0.25, -0.2) is 13.1 Å². The minimum Gasteiger partial charge on any atom is -0.210 e. The minimum absolute atomic E-state index is 0.0636. The fourth-order valence-corrected chi connectivity index (χ4v) is 6.93. The van der Waals surface area contributed by atoms with E-state index >= 15 is 0 Å². The normalized spacial score (nSPS) is 15.7. The van der Waals surface area contributed by atoms with E-state index in [1.165, 1.54) is 0 Å². The summed E-state index contributed by atoms with van der Waals surface area (Å²) in [5.74, 6) is 0.113. The molecule has 3 nitrogen and oxygen atoms in total. The van der Waals surface area contributed by atoms with E-state index in [9.17, 15) is 8.42 Å². The quantitative estimate of drug-likeness (QED) is 0.647. The van der Waals surface area contributed by atoms with Crippen LogP contribution in [-0.2, 0) is 10.0 Å². The van der Waals surface area contributed by atoms with E-state index < -0.39 is 18.1 Å². The topological polar surface area (TPSA) is 46.2 Å². The second-order valence-electron chi connectivity index (χ2n) is 6.37. The number of aryl methyl sites for hydroxylation is 1. The molecule has 0 unspecified atom stereocenters. The van der Waals surface area contributed by atoms with Crippen molar-refractivity contribution in [1.29, 1.82) is 0 Å². The van der Waals surface area contributed by atoms with E-state index in [1.54, 1.807) is 12.1 Å². The van der Waals surface area contributed by atoms with Gasteiger partial charge >= 0.3 is 0 Å². The summed E-state index contributed by atoms with van der Waals surface area (Å²) in [6.45, 7) is 14.2. The average molecular weight is 312 g/mol. The Balaban J connectivity index is 3.09. The van der Waals surface area contributed by atoms with Gasteiger partial charge in [-0.2, -0.15) is 0 Å². The molecule has 1 aromatic rings. The maximum atomic E-state index is 12.5. The van der Waals surface area contributed by atoms with Crippen LogP contribution in [0.2, 0.25) is 19.6 Å². The van der Waals surface area contributed by atoms with Crippen molar-refractivity contribution in [3.8, 4) is 0 Å². The highest BCUT2D eigenvalue weighted by Gasteiger charge is 2.33. The summed E-state index contributed by atoms with van der Waals surface area (Å²) in [5, 5.41) is 0. The van der Waals surface area contributed by atoms with Gasteiger partial charge in [0.15, 0.2) is 0 Å². The summed E-state index contributed by atoms with van der Waals surface area (Å²) in [5.41, 5.74) is 0.983. The first-order valence-corrected chi connectivity index (χ1v) is 11.9. The van der Waals surface area contributed by atoms with Crippen molar-refractivity contribution in [1.82, 2.24) is 4.72 Å². The van der Waals surface area contributed by atoms with Crippen LogP contribution in [0.15, 0.2) is 41.8 Å². The Kier molecular flexibility index (Phi) is 5.35. The van der Waals surface area contributed by atoms with Gasteiger partial charge in [0.25, 0.3) is 0 Å². The highest BCUT2D eigenvalue weighted by molar-refractivity contribution is 7.89. The molecule has 0 fully saturated rings. The number of sulfonamides is 1. The van der Waals surface area contributed by atoms with Crippen LogP contribution in [0.5, 0.6) is 0 Å². The Hall–Kier alpha value is -0.913. The van der Waals surface area contributed by atoms with Crippen molar-refractivity contribution in [2.45, 2.75) is 44.0 Å². The van der Waals surface area contributed by atoms with Gasteiger partial charge in [-0.3, -0.25) is 0 Å². The molecule has 0 heterocycles. The molecule has 0 aliphatic heterocycles. The molecule has 2 atom stereocenters. The largest absolute Gasteiger partial charge is 0.240 e. The molecule has 1 aromatic carbocycles. The summed E-state index contributed by atoms with van der Waals surface area (Å²) >= 11 is 0. The lowest BCUT2D eigenvalue weighted by molar-refractivity contribution is 0.550. The van der Waals surface area contributed by atoms with Crippen LogP contribution in [0.4, 0.5) is 0 Å². The Labute approximate surface area is 124 Å². The second-order valence-corrected chi connectivity index (χ2v) is 13.4. The SMILES string of the molecule is C=C[C@@H](C)[C@H](NS(=O)(=O)c1ccc(C)cc1)[Si](C)(C)C. The Morgan fingerprint density at radius 2 is 1.70 bits per heavy atom. The van der Waals surface area contributed by atoms with E-state index in [0.717, 1.165) is 5.56 Å². The van der Waals surface area contributed by atoms with Gasteiger partial charge in [-0.1, -0.05) is 50.3 Å². The summed E-state index contributed by atoms with van der Waals surface area (Å²) in [7, 11) is -5.16. The predicted molar refractivity (Wildman–Crippen MR) is 88.0 cm³/mol. The third kappa shape index (κ3) is 4.29. The highest BCUT2D eigenvalue weighted by Crippen LogP contribution is 2.20. The first kappa shape index (κ1) is 17.1. The van der Waals surface area contributed by atoms with E-state index in [2.05, 4.69) is 30.9 Å². The summed E-state index contributed by atoms with van der Waals surface area (Å²) in [6.07, 6.45) is 1.82. The number of hydrogen-bond acceptors (Lipinski definition) is 2. The molecule has 112 valence electrons. The molecule has 0 radical (unpaired) electrons. The lowest BCUT2D eigenvalue weighted by Crippen LogP contribution is -2.54. The molecule has 0 aliphatic rings. The van der Waals surface area contributed by atoms with Crippen molar-refractivity contribution < 1.29 is 8.42 Å². The maximum absolute atomic E-state index is 12.5. The fraction of sp³-hybridized carbons (Fsp3) is 0.467. The molecule has 5 heteroatoms. The molecule has 0 saturated heterocycles. The zero-order valence-corrected chi connectivity index (χ0v) is 14.8. The molecular formula is C15H25NO2SSi. The van der Waals surface area contributed by atoms with E-state index in [-0.39, 0.29) is 11.6 Å². The van der Waals surface area contributed by atoms with Crippen LogP contribution in [0.25, 0.3) is 0 Å². The lowest BCUT2D eigenvalue weighted by atomic mass is 10.2. The third-order valence-corrected chi connectivity index (χ3v) is 7.65. The zero-order chi connectivity index (χ0) is 15.6. The molecule has 0 saturated carbocycles. The van der Waals surface area contributed by atoms with Crippen molar-refractivity contribution in [2.75, 3.05) is 0 Å². The summed E-state index contributed by atoms with van der Waals surface area (Å²) in [4.78, 5) is 0.322. The van der Waals surface area contributed by atoms with Crippen molar-refractivity contribution in [3.63, 3.8) is 0 Å². The predicted octanol–water partition coefficient (Wildman–Crippen LogP) is 3.34. The zero-order valence-electron chi connectivity index (χ0n) is 13.0. The number of nitrogens with one attached hydrogen (secondary N) is 1. The standard InChI is InChI=1S/C15H25NO2SSi/c1-7-13(3)15(20(4,5)6)16-19(17,18)14-10-8-12(2)9-11-14/h7-11,13,15-16H,1H2,2-6H3/t13-,15-/m1/s1. The maximum Gasteiger partial charge on any atom is 0.240 e. The van der Waals surface area contributed by atoms with Gasteiger partial charge in [0.1, 0.15) is 0 Å². The van der Waals surface area contributed by atoms with Crippen LogP contribution in [-0.4, -0.2) is 22.2 Å². The van der Waals surface area contributed by atoms with Crippen molar-refractivity contribution >= 4 is 18.1 Å². The second kappa shape index (κ2) is 6.24. The fourth-order valence-electron chi connectivity index (χ4n) is 2.16. The van der Waals surface area contributed by atoms with Gasteiger partial charge in [0.2, 0.25) is 10.0 Å². The molecule has 0 bridgehead atoms. The van der Waals surface area contributed by atoms with Gasteiger partial charge in [0, 0.05) is 5.67 Å². The Bertz CT molecular complexity index is 559. The lowest BCUT2D eigenvalue weighted by Gasteiger charge is -2.33. The monoisotopic (exact) mass is 311 g/mol. The molecule has 20 heavy (non-hydrogen) atoms. The van der Waals surface area contributed by atoms with Gasteiger partial charge in [-0.05, 0) is 25.0 Å². The first-order chi connectivity index (χ1) is 9.08. The highest BCUT2D eigenvalue weighted by atomic mass is 32.2.